The summed E-state index contributed by atoms with van der Waals surface area (Å²) in [6, 6.07) is 1.81. The molecule has 2 heterocycles. The molecule has 1 aliphatic carbocycles. The van der Waals surface area contributed by atoms with Gasteiger partial charge in [0.05, 0.1) is 22.7 Å². The van der Waals surface area contributed by atoms with Crippen molar-refractivity contribution >= 4 is 35.0 Å². The first kappa shape index (κ1) is 23.0. The molecule has 0 spiro atoms. The maximum atomic E-state index is 13.6. The molecule has 9 nitrogen and oxygen atoms in total. The van der Waals surface area contributed by atoms with Crippen molar-refractivity contribution in [2.24, 2.45) is 5.92 Å². The lowest BCUT2D eigenvalue weighted by Gasteiger charge is -2.46. The largest absolute Gasteiger partial charge is 0.336 e. The number of benzene rings is 1. The number of amides is 3. The van der Waals surface area contributed by atoms with Crippen molar-refractivity contribution in [1.29, 1.82) is 0 Å². The zero-order valence-electron chi connectivity index (χ0n) is 16.8. The Balaban J connectivity index is 1.37. The number of carbonyl (C=O) groups is 3. The molecule has 1 aromatic heterocycles. The standard InChI is InChI=1S/C19H17ClF4N6O3/c20-11-3-10(4-12(21)14(11)22)26-15(31)9-1-2-30(6-9)17(33)16(32)27-18(7-19(23,24)8-18)13-5-25-29-28-13/h3-5,9H,1-2,6-8H2,(H,26,31)(H,27,32)(H,25,28,29)/t9-/m0/s1. The van der Waals surface area contributed by atoms with Crippen LogP contribution in [0, 0.1) is 17.6 Å². The number of nitrogens with one attached hydrogen (secondary N) is 3. The molecular formula is C19H17ClF4N6O3. The number of anilines is 1. The van der Waals surface area contributed by atoms with Gasteiger partial charge in [0.25, 0.3) is 5.92 Å². The fourth-order valence-electron chi connectivity index (χ4n) is 4.04. The molecule has 1 saturated carbocycles. The minimum Gasteiger partial charge on any atom is -0.336 e. The van der Waals surface area contributed by atoms with E-state index in [2.05, 4.69) is 26.0 Å². The van der Waals surface area contributed by atoms with Gasteiger partial charge in [-0.05, 0) is 12.5 Å². The molecule has 1 aliphatic heterocycles. The van der Waals surface area contributed by atoms with Gasteiger partial charge in [-0.25, -0.2) is 17.6 Å². The molecule has 1 saturated heterocycles. The molecule has 176 valence electrons. The van der Waals surface area contributed by atoms with Gasteiger partial charge in [0, 0.05) is 37.7 Å². The highest BCUT2D eigenvalue weighted by molar-refractivity contribution is 6.35. The van der Waals surface area contributed by atoms with Crippen molar-refractivity contribution in [3.05, 3.63) is 40.7 Å². The SMILES string of the molecule is O=C(NC1(c2cn[nH]n2)CC(F)(F)C1)C(=O)N1CC[C@H](C(=O)Nc2cc(F)c(F)c(Cl)c2)C1. The molecule has 1 aromatic carbocycles. The maximum absolute atomic E-state index is 13.6. The van der Waals surface area contributed by atoms with Gasteiger partial charge in [-0.15, -0.1) is 0 Å². The summed E-state index contributed by atoms with van der Waals surface area (Å²) in [6.07, 6.45) is -0.0593. The van der Waals surface area contributed by atoms with Gasteiger partial charge < -0.3 is 15.5 Å². The van der Waals surface area contributed by atoms with Crippen LogP contribution in [-0.2, 0) is 19.9 Å². The number of carbonyl (C=O) groups excluding carboxylic acids is 3. The number of halogens is 5. The predicted molar refractivity (Wildman–Crippen MR) is 105 cm³/mol. The molecular weight excluding hydrogens is 472 g/mol. The number of rotatable bonds is 4. The molecule has 2 aliphatic rings. The summed E-state index contributed by atoms with van der Waals surface area (Å²) in [5.74, 6) is -8.90. The monoisotopic (exact) mass is 488 g/mol. The molecule has 3 amide bonds. The molecule has 0 bridgehead atoms. The lowest BCUT2D eigenvalue weighted by molar-refractivity contribution is -0.159. The second-order valence-electron chi connectivity index (χ2n) is 8.08. The minimum atomic E-state index is -3.02. The van der Waals surface area contributed by atoms with Crippen LogP contribution in [0.5, 0.6) is 0 Å². The lowest BCUT2D eigenvalue weighted by Crippen LogP contribution is -2.62. The molecule has 14 heteroatoms. The predicted octanol–water partition coefficient (Wildman–Crippen LogP) is 1.96. The second-order valence-corrected chi connectivity index (χ2v) is 8.49. The summed E-state index contributed by atoms with van der Waals surface area (Å²) >= 11 is 5.56. The van der Waals surface area contributed by atoms with E-state index < -0.39 is 64.6 Å². The Morgan fingerprint density at radius 2 is 1.94 bits per heavy atom. The van der Waals surface area contributed by atoms with Crippen LogP contribution in [-0.4, -0.2) is 57.0 Å². The smallest absolute Gasteiger partial charge is 0.311 e. The molecule has 4 rings (SSSR count). The van der Waals surface area contributed by atoms with Crippen LogP contribution in [0.25, 0.3) is 0 Å². The van der Waals surface area contributed by atoms with Gasteiger partial charge in [-0.3, -0.25) is 14.4 Å². The molecule has 2 aromatic rings. The quantitative estimate of drug-likeness (QED) is 0.345. The van der Waals surface area contributed by atoms with E-state index in [1.165, 1.54) is 6.20 Å². The third-order valence-electron chi connectivity index (χ3n) is 5.67. The van der Waals surface area contributed by atoms with E-state index in [0.717, 1.165) is 17.0 Å². The zero-order chi connectivity index (χ0) is 24.0. The van der Waals surface area contributed by atoms with Crippen molar-refractivity contribution in [2.75, 3.05) is 18.4 Å². The van der Waals surface area contributed by atoms with Crippen LogP contribution in [0.3, 0.4) is 0 Å². The van der Waals surface area contributed by atoms with E-state index in [1.807, 2.05) is 0 Å². The van der Waals surface area contributed by atoms with Gasteiger partial charge in [0.15, 0.2) is 11.6 Å². The Kier molecular flexibility index (Phi) is 5.76. The molecule has 0 unspecified atom stereocenters. The maximum Gasteiger partial charge on any atom is 0.311 e. The van der Waals surface area contributed by atoms with Gasteiger partial charge in [0.2, 0.25) is 5.91 Å². The van der Waals surface area contributed by atoms with Gasteiger partial charge in [-0.1, -0.05) is 11.6 Å². The molecule has 2 fully saturated rings. The van der Waals surface area contributed by atoms with Crippen LogP contribution in [0.15, 0.2) is 18.3 Å². The highest BCUT2D eigenvalue weighted by Crippen LogP contribution is 2.50. The van der Waals surface area contributed by atoms with Crippen molar-refractivity contribution in [2.45, 2.75) is 30.7 Å². The summed E-state index contributed by atoms with van der Waals surface area (Å²) in [4.78, 5) is 38.7. The number of nitrogens with zero attached hydrogens (tertiary/aromatic N) is 3. The van der Waals surface area contributed by atoms with Gasteiger partial charge in [0.1, 0.15) is 5.69 Å². The first-order valence-corrected chi connectivity index (χ1v) is 10.2. The van der Waals surface area contributed by atoms with E-state index in [9.17, 15) is 31.9 Å². The first-order chi connectivity index (χ1) is 15.5. The normalized spacial score (nSPS) is 20.8. The Hall–Kier alpha value is -3.22. The van der Waals surface area contributed by atoms with Crippen LogP contribution in [0.2, 0.25) is 5.02 Å². The van der Waals surface area contributed by atoms with Crippen molar-refractivity contribution < 1.29 is 31.9 Å². The lowest BCUT2D eigenvalue weighted by atomic mass is 9.71. The molecule has 33 heavy (non-hydrogen) atoms. The number of H-pyrrole nitrogens is 1. The topological polar surface area (TPSA) is 120 Å². The fraction of sp³-hybridized carbons (Fsp3) is 0.421. The fourth-order valence-corrected chi connectivity index (χ4v) is 4.25. The second kappa shape index (κ2) is 8.28. The van der Waals surface area contributed by atoms with Crippen LogP contribution >= 0.6 is 11.6 Å². The van der Waals surface area contributed by atoms with Crippen molar-refractivity contribution in [3.63, 3.8) is 0 Å². The highest BCUT2D eigenvalue weighted by Gasteiger charge is 2.60. The highest BCUT2D eigenvalue weighted by atomic mass is 35.5. The number of hydrogen-bond donors (Lipinski definition) is 3. The van der Waals surface area contributed by atoms with E-state index in [4.69, 9.17) is 11.6 Å². The van der Waals surface area contributed by atoms with Crippen LogP contribution in [0.1, 0.15) is 25.0 Å². The zero-order valence-corrected chi connectivity index (χ0v) is 17.6. The number of likely N-dealkylation sites (tertiary alicyclic amines) is 1. The minimum absolute atomic E-state index is 0.0631. The molecule has 0 radical (unpaired) electrons. The van der Waals surface area contributed by atoms with Crippen LogP contribution in [0.4, 0.5) is 23.2 Å². The van der Waals surface area contributed by atoms with Crippen molar-refractivity contribution in [3.8, 4) is 0 Å². The summed E-state index contributed by atoms with van der Waals surface area (Å²) in [7, 11) is 0. The van der Waals surface area contributed by atoms with Gasteiger partial charge >= 0.3 is 11.8 Å². The van der Waals surface area contributed by atoms with E-state index in [-0.39, 0.29) is 30.9 Å². The van der Waals surface area contributed by atoms with Crippen molar-refractivity contribution in [1.82, 2.24) is 25.6 Å². The number of alkyl halides is 2. The summed E-state index contributed by atoms with van der Waals surface area (Å²) in [5, 5.41) is 13.8. The van der Waals surface area contributed by atoms with E-state index in [0.29, 0.717) is 0 Å². The molecule has 3 N–H and O–H groups in total. The molecule has 1 atom stereocenters. The summed E-state index contributed by atoms with van der Waals surface area (Å²) in [5.41, 5.74) is -1.50. The number of aromatic amines is 1. The van der Waals surface area contributed by atoms with Crippen LogP contribution < -0.4 is 10.6 Å². The van der Waals surface area contributed by atoms with E-state index in [1.54, 1.807) is 0 Å². The average Bonchev–Trinajstić information content (AvgIpc) is 3.42. The average molecular weight is 489 g/mol. The third kappa shape index (κ3) is 4.49. The summed E-state index contributed by atoms with van der Waals surface area (Å²) < 4.78 is 53.9. The number of hydrogen-bond acceptors (Lipinski definition) is 5. The Morgan fingerprint density at radius 1 is 1.21 bits per heavy atom. The Morgan fingerprint density at radius 3 is 2.55 bits per heavy atom. The number of aromatic nitrogens is 3. The van der Waals surface area contributed by atoms with Gasteiger partial charge in [-0.2, -0.15) is 15.4 Å². The third-order valence-corrected chi connectivity index (χ3v) is 5.95. The Bertz CT molecular complexity index is 1080. The van der Waals surface area contributed by atoms with E-state index >= 15 is 0 Å². The first-order valence-electron chi connectivity index (χ1n) is 9.81. The summed E-state index contributed by atoms with van der Waals surface area (Å²) in [6.45, 7) is -0.0569. The Labute approximate surface area is 188 Å².